The third-order valence-electron chi connectivity index (χ3n) is 4.47. The fourth-order valence-corrected chi connectivity index (χ4v) is 2.85. The number of hydrogen-bond donors (Lipinski definition) is 4. The summed E-state index contributed by atoms with van der Waals surface area (Å²) in [4.78, 5) is 43.3. The first-order valence-electron chi connectivity index (χ1n) is 8.51. The second-order valence-corrected chi connectivity index (χ2v) is 6.24. The van der Waals surface area contributed by atoms with Crippen molar-refractivity contribution < 1.29 is 24.2 Å². The monoisotopic (exact) mass is 372 g/mol. The maximum Gasteiger partial charge on any atom is 0.339 e. The minimum atomic E-state index is -1.52. The van der Waals surface area contributed by atoms with Crippen LogP contribution in [0.25, 0.3) is 0 Å². The molecule has 1 saturated heterocycles. The van der Waals surface area contributed by atoms with Crippen molar-refractivity contribution in [3.8, 4) is 0 Å². The summed E-state index contributed by atoms with van der Waals surface area (Å²) in [6.07, 6.45) is 2.23. The number of rotatable bonds is 8. The van der Waals surface area contributed by atoms with Crippen LogP contribution in [0.5, 0.6) is 0 Å². The Kier molecular flexibility index (Phi) is 5.22. The molecule has 9 nitrogen and oxygen atoms in total. The molecule has 2 amide bonds. The Morgan fingerprint density at radius 1 is 1.33 bits per heavy atom. The average molecular weight is 372 g/mol. The number of hydrogen-bond acceptors (Lipinski definition) is 5. The number of aromatic amines is 1. The van der Waals surface area contributed by atoms with E-state index in [4.69, 9.17) is 4.74 Å². The standard InChI is InChI=1S/C18H20N4O5/c1-2-18(17(25)26)14(27-18)16(24)22-13(8-12-9-19-10-20-12)15(23)21-11-6-4-3-5-7-11/h3-7,9-10,13-14H,2,8H2,1H3,(H,19,20)(H,21,23)(H,22,24)(H,25,26)/t13-,14?,18?/m0/s1. The molecule has 0 aliphatic carbocycles. The SMILES string of the molecule is CCC1(C(=O)O)OC1C(=O)N[C@@H](Cc1cnc[nH]1)C(=O)Nc1ccccc1. The van der Waals surface area contributed by atoms with E-state index in [1.807, 2.05) is 6.07 Å². The number of para-hydroxylation sites is 1. The second-order valence-electron chi connectivity index (χ2n) is 6.24. The van der Waals surface area contributed by atoms with Crippen LogP contribution in [0, 0.1) is 0 Å². The number of carbonyl (C=O) groups excluding carboxylic acids is 2. The van der Waals surface area contributed by atoms with Crippen molar-refractivity contribution in [1.82, 2.24) is 15.3 Å². The van der Waals surface area contributed by atoms with Gasteiger partial charge in [-0.25, -0.2) is 9.78 Å². The molecule has 3 atom stereocenters. The summed E-state index contributed by atoms with van der Waals surface area (Å²) >= 11 is 0. The van der Waals surface area contributed by atoms with E-state index < -0.39 is 35.5 Å². The number of anilines is 1. The Labute approximate surface area is 155 Å². The molecule has 2 aromatic rings. The first-order chi connectivity index (χ1) is 13.0. The summed E-state index contributed by atoms with van der Waals surface area (Å²) in [6, 6.07) is 7.90. The molecule has 1 aliphatic heterocycles. The zero-order valence-electron chi connectivity index (χ0n) is 14.6. The van der Waals surface area contributed by atoms with Gasteiger partial charge in [0.05, 0.1) is 6.33 Å². The van der Waals surface area contributed by atoms with Gasteiger partial charge in [0.2, 0.25) is 11.5 Å². The maximum absolute atomic E-state index is 12.7. The molecule has 2 unspecified atom stereocenters. The molecule has 1 fully saturated rings. The fraction of sp³-hybridized carbons (Fsp3) is 0.333. The van der Waals surface area contributed by atoms with Crippen LogP contribution >= 0.6 is 0 Å². The zero-order valence-corrected chi connectivity index (χ0v) is 14.6. The first-order valence-corrected chi connectivity index (χ1v) is 8.51. The van der Waals surface area contributed by atoms with Gasteiger partial charge in [-0.3, -0.25) is 9.59 Å². The largest absolute Gasteiger partial charge is 0.479 e. The minimum Gasteiger partial charge on any atom is -0.479 e. The van der Waals surface area contributed by atoms with Crippen molar-refractivity contribution in [2.45, 2.75) is 37.5 Å². The van der Waals surface area contributed by atoms with Crippen molar-refractivity contribution in [3.63, 3.8) is 0 Å². The number of ether oxygens (including phenoxy) is 1. The highest BCUT2D eigenvalue weighted by Crippen LogP contribution is 2.40. The number of benzene rings is 1. The topological polar surface area (TPSA) is 137 Å². The molecule has 27 heavy (non-hydrogen) atoms. The van der Waals surface area contributed by atoms with Crippen molar-refractivity contribution in [3.05, 3.63) is 48.5 Å². The second kappa shape index (κ2) is 7.58. The molecule has 3 rings (SSSR count). The number of carboxylic acids is 1. The summed E-state index contributed by atoms with van der Waals surface area (Å²) in [6.45, 7) is 1.63. The van der Waals surface area contributed by atoms with Crippen molar-refractivity contribution in [2.75, 3.05) is 5.32 Å². The van der Waals surface area contributed by atoms with Gasteiger partial charge >= 0.3 is 5.97 Å². The summed E-state index contributed by atoms with van der Waals surface area (Å²) in [5, 5.41) is 14.6. The van der Waals surface area contributed by atoms with Gasteiger partial charge in [0.25, 0.3) is 5.91 Å². The molecule has 0 radical (unpaired) electrons. The summed E-state index contributed by atoms with van der Waals surface area (Å²) < 4.78 is 5.15. The van der Waals surface area contributed by atoms with Crippen molar-refractivity contribution >= 4 is 23.5 Å². The number of carbonyl (C=O) groups is 3. The van der Waals surface area contributed by atoms with Gasteiger partial charge < -0.3 is 25.5 Å². The average Bonchev–Trinajstić information content (AvgIpc) is 3.22. The lowest BCUT2D eigenvalue weighted by Gasteiger charge is -2.18. The van der Waals surface area contributed by atoms with Gasteiger partial charge in [0.1, 0.15) is 6.04 Å². The van der Waals surface area contributed by atoms with Crippen LogP contribution in [0.1, 0.15) is 19.0 Å². The summed E-state index contributed by atoms with van der Waals surface area (Å²) in [5.74, 6) is -2.25. The van der Waals surface area contributed by atoms with Crippen LogP contribution in [0.2, 0.25) is 0 Å². The van der Waals surface area contributed by atoms with Crippen LogP contribution in [0.15, 0.2) is 42.9 Å². The molecule has 0 bridgehead atoms. The number of carboxylic acid groups (broad SMARTS) is 1. The lowest BCUT2D eigenvalue weighted by Crippen LogP contribution is -2.48. The Morgan fingerprint density at radius 3 is 2.63 bits per heavy atom. The molecule has 1 aliphatic rings. The first kappa shape index (κ1) is 18.6. The molecule has 9 heteroatoms. The van der Waals surface area contributed by atoms with E-state index in [0.717, 1.165) is 0 Å². The van der Waals surface area contributed by atoms with Gasteiger partial charge in [-0.2, -0.15) is 0 Å². The molecule has 1 aromatic carbocycles. The van der Waals surface area contributed by atoms with E-state index in [2.05, 4.69) is 20.6 Å². The minimum absolute atomic E-state index is 0.155. The van der Waals surface area contributed by atoms with E-state index in [-0.39, 0.29) is 12.8 Å². The Morgan fingerprint density at radius 2 is 2.07 bits per heavy atom. The molecular weight excluding hydrogens is 352 g/mol. The molecule has 1 aromatic heterocycles. The lowest BCUT2D eigenvalue weighted by molar-refractivity contribution is -0.143. The molecule has 4 N–H and O–H groups in total. The van der Waals surface area contributed by atoms with Gasteiger partial charge in [-0.05, 0) is 18.6 Å². The predicted octanol–water partition coefficient (Wildman–Crippen LogP) is 0.708. The molecule has 142 valence electrons. The zero-order chi connectivity index (χ0) is 19.4. The van der Waals surface area contributed by atoms with Crippen molar-refractivity contribution in [2.24, 2.45) is 0 Å². The highest BCUT2D eigenvalue weighted by atomic mass is 16.6. The fourth-order valence-electron chi connectivity index (χ4n) is 2.85. The van der Waals surface area contributed by atoms with Crippen molar-refractivity contribution in [1.29, 1.82) is 0 Å². The highest BCUT2D eigenvalue weighted by Gasteiger charge is 2.65. The van der Waals surface area contributed by atoms with Crippen LogP contribution in [0.4, 0.5) is 5.69 Å². The van der Waals surface area contributed by atoms with Crippen LogP contribution in [0.3, 0.4) is 0 Å². The van der Waals surface area contributed by atoms with E-state index in [1.165, 1.54) is 6.33 Å². The summed E-state index contributed by atoms with van der Waals surface area (Å²) in [5.41, 5.74) is -0.277. The normalized spacial score (nSPS) is 21.9. The van der Waals surface area contributed by atoms with Crippen LogP contribution < -0.4 is 10.6 Å². The smallest absolute Gasteiger partial charge is 0.339 e. The molecule has 0 saturated carbocycles. The number of aliphatic carboxylic acids is 1. The van der Waals surface area contributed by atoms with E-state index in [9.17, 15) is 19.5 Å². The van der Waals surface area contributed by atoms with E-state index in [1.54, 1.807) is 37.4 Å². The van der Waals surface area contributed by atoms with Crippen LogP contribution in [-0.2, 0) is 25.5 Å². The molecular formula is C18H20N4O5. The number of epoxide rings is 1. The van der Waals surface area contributed by atoms with E-state index >= 15 is 0 Å². The third-order valence-corrected chi connectivity index (χ3v) is 4.47. The molecule has 0 spiro atoms. The highest BCUT2D eigenvalue weighted by molar-refractivity contribution is 6.00. The number of aromatic nitrogens is 2. The van der Waals surface area contributed by atoms with E-state index in [0.29, 0.717) is 11.4 Å². The predicted molar refractivity (Wildman–Crippen MR) is 94.8 cm³/mol. The number of imidazole rings is 1. The lowest BCUT2D eigenvalue weighted by atomic mass is 10.0. The maximum atomic E-state index is 12.7. The Balaban J connectivity index is 1.71. The van der Waals surface area contributed by atoms with Gasteiger partial charge in [-0.1, -0.05) is 25.1 Å². The number of nitrogens with zero attached hydrogens (tertiary/aromatic N) is 1. The Hall–Kier alpha value is -3.20. The molecule has 2 heterocycles. The third kappa shape index (κ3) is 3.98. The van der Waals surface area contributed by atoms with Crippen LogP contribution in [-0.4, -0.2) is 50.6 Å². The van der Waals surface area contributed by atoms with Gasteiger partial charge in [0, 0.05) is 24.0 Å². The number of amides is 2. The quantitative estimate of drug-likeness (QED) is 0.504. The Bertz CT molecular complexity index is 824. The number of nitrogens with one attached hydrogen (secondary N) is 3. The number of H-pyrrole nitrogens is 1. The van der Waals surface area contributed by atoms with Gasteiger partial charge in [0.15, 0.2) is 6.10 Å². The van der Waals surface area contributed by atoms with Gasteiger partial charge in [-0.15, -0.1) is 0 Å². The summed E-state index contributed by atoms with van der Waals surface area (Å²) in [7, 11) is 0.